The number of aryl methyl sites for hydroxylation is 2. The summed E-state index contributed by atoms with van der Waals surface area (Å²) >= 11 is 0. The second kappa shape index (κ2) is 6.25. The molecule has 0 bridgehead atoms. The van der Waals surface area contributed by atoms with Gasteiger partial charge >= 0.3 is 12.0 Å². The third-order valence-corrected chi connectivity index (χ3v) is 3.24. The number of aromatic nitrogens is 2. The molecule has 0 spiro atoms. The van der Waals surface area contributed by atoms with Crippen molar-refractivity contribution in [3.63, 3.8) is 0 Å². The number of aliphatic carboxylic acids is 1. The van der Waals surface area contributed by atoms with E-state index >= 15 is 0 Å². The van der Waals surface area contributed by atoms with Crippen molar-refractivity contribution in [3.8, 4) is 0 Å². The summed E-state index contributed by atoms with van der Waals surface area (Å²) in [4.78, 5) is 22.0. The van der Waals surface area contributed by atoms with Gasteiger partial charge in [0, 0.05) is 36.8 Å². The van der Waals surface area contributed by atoms with Crippen LogP contribution < -0.4 is 10.6 Å². The van der Waals surface area contributed by atoms with Gasteiger partial charge in [0.05, 0.1) is 5.52 Å². The molecule has 0 radical (unpaired) electrons. The molecule has 7 heteroatoms. The lowest BCUT2D eigenvalue weighted by molar-refractivity contribution is -0.137. The summed E-state index contributed by atoms with van der Waals surface area (Å²) in [7, 11) is 1.87. The fraction of sp³-hybridized carbons (Fsp3) is 0.357. The van der Waals surface area contributed by atoms with E-state index in [9.17, 15) is 9.59 Å². The van der Waals surface area contributed by atoms with E-state index in [2.05, 4.69) is 15.7 Å². The van der Waals surface area contributed by atoms with Crippen LogP contribution in [0.3, 0.4) is 0 Å². The maximum absolute atomic E-state index is 11.7. The highest BCUT2D eigenvalue weighted by Gasteiger charge is 2.07. The molecular weight excluding hydrogens is 272 g/mol. The van der Waals surface area contributed by atoms with Gasteiger partial charge in [0.2, 0.25) is 0 Å². The molecular formula is C14H18N4O3. The number of hydrogen-bond donors (Lipinski definition) is 3. The summed E-state index contributed by atoms with van der Waals surface area (Å²) in [6.07, 6.45) is 0.445. The first-order valence-corrected chi connectivity index (χ1v) is 6.67. The van der Waals surface area contributed by atoms with E-state index in [1.54, 1.807) is 10.7 Å². The van der Waals surface area contributed by atoms with E-state index in [0.717, 1.165) is 16.6 Å². The molecule has 0 unspecified atom stereocenters. The number of hydrogen-bond acceptors (Lipinski definition) is 3. The standard InChI is InChI=1S/C14H18N4O3/c1-9-11-6-5-10(8-12(11)17-18(9)2)16-14(21)15-7-3-4-13(19)20/h5-6,8H,3-4,7H2,1-2H3,(H,19,20)(H2,15,16,21). The lowest BCUT2D eigenvalue weighted by Crippen LogP contribution is -2.29. The molecule has 0 atom stereocenters. The van der Waals surface area contributed by atoms with Gasteiger partial charge < -0.3 is 15.7 Å². The Morgan fingerprint density at radius 1 is 1.38 bits per heavy atom. The smallest absolute Gasteiger partial charge is 0.319 e. The Morgan fingerprint density at radius 2 is 2.14 bits per heavy atom. The van der Waals surface area contributed by atoms with Crippen LogP contribution in [-0.2, 0) is 11.8 Å². The first-order valence-electron chi connectivity index (χ1n) is 6.67. The van der Waals surface area contributed by atoms with Crippen molar-refractivity contribution in [3.05, 3.63) is 23.9 Å². The monoisotopic (exact) mass is 290 g/mol. The van der Waals surface area contributed by atoms with Crippen molar-refractivity contribution in [1.82, 2.24) is 15.1 Å². The fourth-order valence-corrected chi connectivity index (χ4v) is 2.03. The number of nitrogens with one attached hydrogen (secondary N) is 2. The van der Waals surface area contributed by atoms with E-state index in [0.29, 0.717) is 18.7 Å². The van der Waals surface area contributed by atoms with Crippen LogP contribution in [-0.4, -0.2) is 33.4 Å². The fourth-order valence-electron chi connectivity index (χ4n) is 2.03. The summed E-state index contributed by atoms with van der Waals surface area (Å²) in [6, 6.07) is 5.18. The molecule has 1 heterocycles. The van der Waals surface area contributed by atoms with E-state index < -0.39 is 5.97 Å². The van der Waals surface area contributed by atoms with Crippen molar-refractivity contribution in [2.45, 2.75) is 19.8 Å². The zero-order valence-electron chi connectivity index (χ0n) is 12.0. The maximum atomic E-state index is 11.7. The Balaban J connectivity index is 1.93. The number of fused-ring (bicyclic) bond motifs is 1. The van der Waals surface area contributed by atoms with E-state index in [1.807, 2.05) is 26.1 Å². The highest BCUT2D eigenvalue weighted by Crippen LogP contribution is 2.20. The number of nitrogens with zero attached hydrogens (tertiary/aromatic N) is 2. The van der Waals surface area contributed by atoms with Crippen molar-refractivity contribution in [2.24, 2.45) is 7.05 Å². The molecule has 0 saturated heterocycles. The molecule has 1 aromatic carbocycles. The lowest BCUT2D eigenvalue weighted by atomic mass is 10.2. The first-order chi connectivity index (χ1) is 9.97. The zero-order valence-corrected chi connectivity index (χ0v) is 12.0. The summed E-state index contributed by atoms with van der Waals surface area (Å²) in [5.41, 5.74) is 2.53. The topological polar surface area (TPSA) is 96.2 Å². The predicted octanol–water partition coefficient (Wildman–Crippen LogP) is 1.87. The number of anilines is 1. The van der Waals surface area contributed by atoms with Crippen LogP contribution in [0.1, 0.15) is 18.5 Å². The average Bonchev–Trinajstić information content (AvgIpc) is 2.70. The lowest BCUT2D eigenvalue weighted by Gasteiger charge is -2.07. The number of rotatable bonds is 5. The van der Waals surface area contributed by atoms with E-state index in [1.165, 1.54) is 0 Å². The minimum atomic E-state index is -0.867. The van der Waals surface area contributed by atoms with Crippen LogP contribution in [0.5, 0.6) is 0 Å². The second-order valence-corrected chi connectivity index (χ2v) is 4.82. The molecule has 112 valence electrons. The molecule has 2 amide bonds. The van der Waals surface area contributed by atoms with Crippen LogP contribution in [0.25, 0.3) is 10.9 Å². The number of benzene rings is 1. The molecule has 0 aliphatic heterocycles. The minimum absolute atomic E-state index is 0.0411. The third kappa shape index (κ3) is 3.71. The summed E-state index contributed by atoms with van der Waals surface area (Å²) in [6.45, 7) is 2.31. The van der Waals surface area contributed by atoms with Gasteiger partial charge in [-0.1, -0.05) is 0 Å². The Labute approximate surface area is 121 Å². The van der Waals surface area contributed by atoms with Gasteiger partial charge in [0.1, 0.15) is 0 Å². The summed E-state index contributed by atoms with van der Waals surface area (Å²) < 4.78 is 1.79. The van der Waals surface area contributed by atoms with Crippen LogP contribution in [0.15, 0.2) is 18.2 Å². The van der Waals surface area contributed by atoms with Crippen molar-refractivity contribution in [2.75, 3.05) is 11.9 Å². The number of carboxylic acid groups (broad SMARTS) is 1. The van der Waals surface area contributed by atoms with Crippen LogP contribution in [0.4, 0.5) is 10.5 Å². The molecule has 2 rings (SSSR count). The second-order valence-electron chi connectivity index (χ2n) is 4.82. The Bertz CT molecular complexity index is 678. The molecule has 21 heavy (non-hydrogen) atoms. The number of carbonyl (C=O) groups is 2. The Kier molecular flexibility index (Phi) is 4.42. The largest absolute Gasteiger partial charge is 0.481 e. The Morgan fingerprint density at radius 3 is 2.86 bits per heavy atom. The average molecular weight is 290 g/mol. The van der Waals surface area contributed by atoms with Gasteiger partial charge in [0.15, 0.2) is 0 Å². The van der Waals surface area contributed by atoms with Gasteiger partial charge in [-0.15, -0.1) is 0 Å². The molecule has 0 aliphatic rings. The number of carboxylic acids is 1. The van der Waals surface area contributed by atoms with Crippen LogP contribution >= 0.6 is 0 Å². The number of urea groups is 1. The summed E-state index contributed by atoms with van der Waals surface area (Å²) in [5, 5.41) is 19.2. The van der Waals surface area contributed by atoms with Crippen molar-refractivity contribution < 1.29 is 14.7 Å². The molecule has 0 saturated carbocycles. The highest BCUT2D eigenvalue weighted by atomic mass is 16.4. The first kappa shape index (κ1) is 14.8. The molecule has 1 aromatic heterocycles. The number of amides is 2. The zero-order chi connectivity index (χ0) is 15.4. The number of carbonyl (C=O) groups excluding carboxylic acids is 1. The summed E-state index contributed by atoms with van der Waals surface area (Å²) in [5.74, 6) is -0.867. The normalized spacial score (nSPS) is 10.6. The van der Waals surface area contributed by atoms with Crippen molar-refractivity contribution in [1.29, 1.82) is 0 Å². The quantitative estimate of drug-likeness (QED) is 0.732. The molecule has 3 N–H and O–H groups in total. The van der Waals surface area contributed by atoms with E-state index in [4.69, 9.17) is 5.11 Å². The van der Waals surface area contributed by atoms with Gasteiger partial charge in [-0.25, -0.2) is 4.79 Å². The molecule has 7 nitrogen and oxygen atoms in total. The van der Waals surface area contributed by atoms with Gasteiger partial charge in [0.25, 0.3) is 0 Å². The SMILES string of the molecule is Cc1c2ccc(NC(=O)NCCCC(=O)O)cc2nn1C. The Hall–Kier alpha value is -2.57. The molecule has 2 aromatic rings. The third-order valence-electron chi connectivity index (χ3n) is 3.24. The van der Waals surface area contributed by atoms with E-state index in [-0.39, 0.29) is 12.5 Å². The van der Waals surface area contributed by atoms with Crippen LogP contribution in [0, 0.1) is 6.92 Å². The highest BCUT2D eigenvalue weighted by molar-refractivity contribution is 5.93. The maximum Gasteiger partial charge on any atom is 0.319 e. The molecule has 0 aliphatic carbocycles. The predicted molar refractivity (Wildman–Crippen MR) is 79.3 cm³/mol. The minimum Gasteiger partial charge on any atom is -0.481 e. The van der Waals surface area contributed by atoms with Gasteiger partial charge in [-0.05, 0) is 31.5 Å². The molecule has 0 fully saturated rings. The van der Waals surface area contributed by atoms with Gasteiger partial charge in [-0.3, -0.25) is 9.48 Å². The van der Waals surface area contributed by atoms with Crippen LogP contribution in [0.2, 0.25) is 0 Å². The van der Waals surface area contributed by atoms with Gasteiger partial charge in [-0.2, -0.15) is 5.10 Å². The van der Waals surface area contributed by atoms with Crippen molar-refractivity contribution >= 4 is 28.6 Å².